The molecule has 0 rings (SSSR count). The summed E-state index contributed by atoms with van der Waals surface area (Å²) in [5, 5.41) is 2.61. The van der Waals surface area contributed by atoms with Crippen molar-refractivity contribution < 1.29 is 19.1 Å². The number of hydrogen-bond acceptors (Lipinski definition) is 4. The number of hydrogen-bond donors (Lipinski definition) is 1. The molecule has 0 aromatic heterocycles. The van der Waals surface area contributed by atoms with Crippen LogP contribution in [0.4, 0.5) is 0 Å². The molecule has 0 saturated heterocycles. The van der Waals surface area contributed by atoms with Crippen LogP contribution in [-0.4, -0.2) is 30.8 Å². The molecule has 0 radical (unpaired) electrons. The zero-order valence-corrected chi connectivity index (χ0v) is 11.6. The van der Waals surface area contributed by atoms with Crippen molar-refractivity contribution in [2.75, 3.05) is 7.11 Å². The fourth-order valence-corrected chi connectivity index (χ4v) is 1.50. The fraction of sp³-hybridized carbons (Fsp3) is 0.769. The van der Waals surface area contributed by atoms with Gasteiger partial charge in [0.15, 0.2) is 0 Å². The molecule has 0 aliphatic heterocycles. The van der Waals surface area contributed by atoms with E-state index in [1.807, 2.05) is 13.8 Å². The van der Waals surface area contributed by atoms with Gasteiger partial charge >= 0.3 is 5.97 Å². The van der Waals surface area contributed by atoms with E-state index in [0.29, 0.717) is 19.3 Å². The Morgan fingerprint density at radius 3 is 2.28 bits per heavy atom. The zero-order valence-electron chi connectivity index (χ0n) is 11.6. The van der Waals surface area contributed by atoms with Gasteiger partial charge in [-0.2, -0.15) is 0 Å². The van der Waals surface area contributed by atoms with Gasteiger partial charge in [0, 0.05) is 19.3 Å². The lowest BCUT2D eigenvalue weighted by Crippen LogP contribution is -2.42. The van der Waals surface area contributed by atoms with Crippen LogP contribution in [0.15, 0.2) is 0 Å². The Hall–Kier alpha value is -1.39. The normalized spacial score (nSPS) is 12.1. The van der Waals surface area contributed by atoms with Gasteiger partial charge in [-0.05, 0) is 12.3 Å². The first kappa shape index (κ1) is 16.6. The summed E-state index contributed by atoms with van der Waals surface area (Å²) < 4.78 is 4.62. The molecule has 0 aliphatic carbocycles. The molecule has 104 valence electrons. The molecule has 0 aliphatic rings. The third-order valence-corrected chi connectivity index (χ3v) is 2.52. The van der Waals surface area contributed by atoms with Crippen molar-refractivity contribution in [1.82, 2.24) is 5.32 Å². The monoisotopic (exact) mass is 257 g/mol. The smallest absolute Gasteiger partial charge is 0.328 e. The summed E-state index contributed by atoms with van der Waals surface area (Å²) >= 11 is 0. The first-order valence-electron chi connectivity index (χ1n) is 6.29. The Labute approximate surface area is 108 Å². The van der Waals surface area contributed by atoms with Crippen LogP contribution in [-0.2, 0) is 19.1 Å². The quantitative estimate of drug-likeness (QED) is 0.668. The van der Waals surface area contributed by atoms with Crippen LogP contribution in [0.1, 0.15) is 46.5 Å². The number of amides is 1. The predicted molar refractivity (Wildman–Crippen MR) is 67.9 cm³/mol. The van der Waals surface area contributed by atoms with E-state index in [1.165, 1.54) is 7.11 Å². The maximum atomic E-state index is 11.6. The lowest BCUT2D eigenvalue weighted by atomic mass is 10.1. The number of carbonyl (C=O) groups excluding carboxylic acids is 3. The summed E-state index contributed by atoms with van der Waals surface area (Å²) in [4.78, 5) is 34.3. The molecule has 1 amide bonds. The minimum atomic E-state index is -0.725. The van der Waals surface area contributed by atoms with E-state index in [4.69, 9.17) is 0 Å². The Morgan fingerprint density at radius 2 is 1.83 bits per heavy atom. The molecule has 0 aromatic rings. The number of rotatable bonds is 8. The third-order valence-electron chi connectivity index (χ3n) is 2.52. The molecule has 1 atom stereocenters. The van der Waals surface area contributed by atoms with Crippen LogP contribution < -0.4 is 5.32 Å². The van der Waals surface area contributed by atoms with Crippen molar-refractivity contribution in [3.8, 4) is 0 Å². The summed E-state index contributed by atoms with van der Waals surface area (Å²) in [6.45, 7) is 5.62. The summed E-state index contributed by atoms with van der Waals surface area (Å²) in [5.74, 6) is -0.400. The minimum absolute atomic E-state index is 0.0713. The first-order chi connectivity index (χ1) is 8.40. The number of carbonyl (C=O) groups is 3. The second-order valence-corrected chi connectivity index (χ2v) is 4.67. The highest BCUT2D eigenvalue weighted by Crippen LogP contribution is 2.05. The van der Waals surface area contributed by atoms with Gasteiger partial charge in [-0.1, -0.05) is 20.8 Å². The molecule has 5 heteroatoms. The van der Waals surface area contributed by atoms with E-state index in [2.05, 4.69) is 10.1 Å². The second kappa shape index (κ2) is 8.66. The van der Waals surface area contributed by atoms with Crippen LogP contribution in [0.25, 0.3) is 0 Å². The van der Waals surface area contributed by atoms with Crippen LogP contribution in [0.2, 0.25) is 0 Å². The van der Waals surface area contributed by atoms with Gasteiger partial charge in [0.05, 0.1) is 7.11 Å². The topological polar surface area (TPSA) is 72.5 Å². The number of methoxy groups -OCH3 is 1. The van der Waals surface area contributed by atoms with E-state index in [1.54, 1.807) is 6.92 Å². The predicted octanol–water partition coefficient (Wildman–Crippen LogP) is 1.45. The Kier molecular flexibility index (Phi) is 8.00. The minimum Gasteiger partial charge on any atom is -0.467 e. The van der Waals surface area contributed by atoms with Gasteiger partial charge in [0.2, 0.25) is 5.91 Å². The number of ether oxygens (including phenoxy) is 1. The average Bonchev–Trinajstić information content (AvgIpc) is 2.31. The third kappa shape index (κ3) is 7.04. The van der Waals surface area contributed by atoms with Crippen LogP contribution in [0.5, 0.6) is 0 Å². The fourth-order valence-electron chi connectivity index (χ4n) is 1.50. The van der Waals surface area contributed by atoms with Crippen molar-refractivity contribution in [3.63, 3.8) is 0 Å². The molecule has 0 unspecified atom stereocenters. The molecular formula is C13H23NO4. The maximum Gasteiger partial charge on any atom is 0.328 e. The van der Waals surface area contributed by atoms with E-state index < -0.39 is 12.0 Å². The number of Topliss-reactive ketones (excluding diaryl/α,β-unsaturated/α-hetero) is 1. The number of ketones is 1. The van der Waals surface area contributed by atoms with E-state index >= 15 is 0 Å². The van der Waals surface area contributed by atoms with Crippen LogP contribution >= 0.6 is 0 Å². The Bertz CT molecular complexity index is 299. The second-order valence-electron chi connectivity index (χ2n) is 4.67. The molecule has 0 saturated carbocycles. The van der Waals surface area contributed by atoms with E-state index in [9.17, 15) is 14.4 Å². The molecule has 0 aromatic carbocycles. The van der Waals surface area contributed by atoms with Gasteiger partial charge in [0.25, 0.3) is 0 Å². The SMILES string of the molecule is CCC(=O)CC[C@@H](NC(=O)CC(C)C)C(=O)OC. The summed E-state index contributed by atoms with van der Waals surface area (Å²) in [7, 11) is 1.27. The van der Waals surface area contributed by atoms with Crippen molar-refractivity contribution in [2.24, 2.45) is 5.92 Å². The maximum absolute atomic E-state index is 11.6. The molecule has 1 N–H and O–H groups in total. The largest absolute Gasteiger partial charge is 0.467 e. The van der Waals surface area contributed by atoms with E-state index in [0.717, 1.165) is 0 Å². The zero-order chi connectivity index (χ0) is 14.1. The lowest BCUT2D eigenvalue weighted by Gasteiger charge is -2.16. The van der Waals surface area contributed by atoms with E-state index in [-0.39, 0.29) is 24.0 Å². The Balaban J connectivity index is 4.36. The van der Waals surface area contributed by atoms with Crippen LogP contribution in [0, 0.1) is 5.92 Å². The summed E-state index contributed by atoms with van der Waals surface area (Å²) in [6.07, 6.45) is 1.37. The van der Waals surface area contributed by atoms with Gasteiger partial charge in [-0.15, -0.1) is 0 Å². The highest BCUT2D eigenvalue weighted by Gasteiger charge is 2.22. The van der Waals surface area contributed by atoms with Gasteiger partial charge in [-0.25, -0.2) is 4.79 Å². The lowest BCUT2D eigenvalue weighted by molar-refractivity contribution is -0.145. The summed E-state index contributed by atoms with van der Waals surface area (Å²) in [6, 6.07) is -0.725. The van der Waals surface area contributed by atoms with Gasteiger partial charge < -0.3 is 10.1 Å². The summed E-state index contributed by atoms with van der Waals surface area (Å²) in [5.41, 5.74) is 0. The molecule has 0 fully saturated rings. The molecule has 5 nitrogen and oxygen atoms in total. The number of nitrogens with one attached hydrogen (secondary N) is 1. The average molecular weight is 257 g/mol. The molecular weight excluding hydrogens is 234 g/mol. The van der Waals surface area contributed by atoms with Crippen molar-refractivity contribution >= 4 is 17.7 Å². The molecule has 0 bridgehead atoms. The van der Waals surface area contributed by atoms with Crippen LogP contribution in [0.3, 0.4) is 0 Å². The van der Waals surface area contributed by atoms with Crippen molar-refractivity contribution in [3.05, 3.63) is 0 Å². The molecule has 0 spiro atoms. The first-order valence-corrected chi connectivity index (χ1v) is 6.29. The van der Waals surface area contributed by atoms with Gasteiger partial charge in [-0.3, -0.25) is 9.59 Å². The van der Waals surface area contributed by atoms with Gasteiger partial charge in [0.1, 0.15) is 11.8 Å². The van der Waals surface area contributed by atoms with Crippen molar-refractivity contribution in [2.45, 2.75) is 52.5 Å². The standard InChI is InChI=1S/C13H23NO4/c1-5-10(15)6-7-11(13(17)18-4)14-12(16)8-9(2)3/h9,11H,5-8H2,1-4H3,(H,14,16)/t11-/m1/s1. The molecule has 0 heterocycles. The number of esters is 1. The highest BCUT2D eigenvalue weighted by molar-refractivity contribution is 5.85. The van der Waals surface area contributed by atoms with Crippen molar-refractivity contribution in [1.29, 1.82) is 0 Å². The highest BCUT2D eigenvalue weighted by atomic mass is 16.5. The Morgan fingerprint density at radius 1 is 1.22 bits per heavy atom. The molecule has 18 heavy (non-hydrogen) atoms.